The SMILES string of the molecule is O=C(N[C@@H]1CCOC[C@@H]1C1CCOCC1)c1ccc(CN2CCCC2)o1. The van der Waals surface area contributed by atoms with E-state index in [1.165, 1.54) is 12.8 Å². The van der Waals surface area contributed by atoms with Crippen LogP contribution in [0, 0.1) is 11.8 Å². The van der Waals surface area contributed by atoms with Gasteiger partial charge in [-0.1, -0.05) is 0 Å². The number of ether oxygens (including phenoxy) is 2. The second-order valence-corrected chi connectivity index (χ2v) is 7.81. The minimum atomic E-state index is -0.0957. The number of nitrogens with zero attached hydrogens (tertiary/aromatic N) is 1. The summed E-state index contributed by atoms with van der Waals surface area (Å²) in [7, 11) is 0. The maximum absolute atomic E-state index is 12.7. The van der Waals surface area contributed by atoms with Crippen molar-refractivity contribution in [1.82, 2.24) is 10.2 Å². The summed E-state index contributed by atoms with van der Waals surface area (Å²) in [4.78, 5) is 15.1. The fourth-order valence-electron chi connectivity index (χ4n) is 4.53. The molecule has 1 N–H and O–H groups in total. The molecule has 3 aliphatic rings. The molecular weight excluding hydrogens is 332 g/mol. The molecule has 4 heterocycles. The first-order chi connectivity index (χ1) is 12.8. The van der Waals surface area contributed by atoms with Gasteiger partial charge >= 0.3 is 0 Å². The molecule has 0 saturated carbocycles. The Balaban J connectivity index is 1.35. The van der Waals surface area contributed by atoms with E-state index in [2.05, 4.69) is 10.2 Å². The monoisotopic (exact) mass is 362 g/mol. The molecule has 4 rings (SSSR count). The summed E-state index contributed by atoms with van der Waals surface area (Å²) in [6.45, 7) is 6.13. The van der Waals surface area contributed by atoms with Crippen LogP contribution >= 0.6 is 0 Å². The summed E-state index contributed by atoms with van der Waals surface area (Å²) in [5.41, 5.74) is 0. The Morgan fingerprint density at radius 1 is 1.08 bits per heavy atom. The van der Waals surface area contributed by atoms with E-state index in [1.54, 1.807) is 0 Å². The highest BCUT2D eigenvalue weighted by molar-refractivity contribution is 5.91. The summed E-state index contributed by atoms with van der Waals surface area (Å²) >= 11 is 0. The largest absolute Gasteiger partial charge is 0.455 e. The summed E-state index contributed by atoms with van der Waals surface area (Å²) in [6, 6.07) is 3.91. The Hall–Kier alpha value is -1.37. The number of carbonyl (C=O) groups is 1. The Kier molecular flexibility index (Phi) is 5.92. The summed E-state index contributed by atoms with van der Waals surface area (Å²) < 4.78 is 17.0. The fraction of sp³-hybridized carbons (Fsp3) is 0.750. The van der Waals surface area contributed by atoms with Crippen LogP contribution in [0.25, 0.3) is 0 Å². The van der Waals surface area contributed by atoms with E-state index >= 15 is 0 Å². The highest BCUT2D eigenvalue weighted by atomic mass is 16.5. The number of amides is 1. The number of rotatable bonds is 5. The maximum atomic E-state index is 12.7. The van der Waals surface area contributed by atoms with Gasteiger partial charge in [-0.2, -0.15) is 0 Å². The average Bonchev–Trinajstić information content (AvgIpc) is 3.35. The molecule has 3 fully saturated rings. The van der Waals surface area contributed by atoms with Crippen molar-refractivity contribution < 1.29 is 18.7 Å². The lowest BCUT2D eigenvalue weighted by Gasteiger charge is -2.38. The Morgan fingerprint density at radius 3 is 2.65 bits per heavy atom. The van der Waals surface area contributed by atoms with Gasteiger partial charge in [0, 0.05) is 31.8 Å². The van der Waals surface area contributed by atoms with Crippen molar-refractivity contribution in [3.05, 3.63) is 23.7 Å². The van der Waals surface area contributed by atoms with Crippen LogP contribution in [0.3, 0.4) is 0 Å². The number of furan rings is 1. The smallest absolute Gasteiger partial charge is 0.287 e. The Labute approximate surface area is 155 Å². The molecule has 0 bridgehead atoms. The molecule has 3 aliphatic heterocycles. The molecule has 144 valence electrons. The van der Waals surface area contributed by atoms with E-state index in [0.717, 1.165) is 64.5 Å². The molecule has 1 aromatic heterocycles. The molecule has 0 aromatic carbocycles. The van der Waals surface area contributed by atoms with Crippen molar-refractivity contribution in [3.63, 3.8) is 0 Å². The maximum Gasteiger partial charge on any atom is 0.287 e. The van der Waals surface area contributed by atoms with Gasteiger partial charge in [0.2, 0.25) is 0 Å². The molecule has 2 atom stereocenters. The molecule has 0 unspecified atom stereocenters. The summed E-state index contributed by atoms with van der Waals surface area (Å²) in [5.74, 6) is 2.15. The van der Waals surface area contributed by atoms with Crippen molar-refractivity contribution in [1.29, 1.82) is 0 Å². The quantitative estimate of drug-likeness (QED) is 0.872. The van der Waals surface area contributed by atoms with Gasteiger partial charge in [0.05, 0.1) is 13.2 Å². The van der Waals surface area contributed by atoms with E-state index in [9.17, 15) is 4.79 Å². The normalized spacial score (nSPS) is 28.3. The molecule has 6 nitrogen and oxygen atoms in total. The van der Waals surface area contributed by atoms with Gasteiger partial charge in [-0.15, -0.1) is 0 Å². The Morgan fingerprint density at radius 2 is 1.85 bits per heavy atom. The van der Waals surface area contributed by atoms with Crippen LogP contribution < -0.4 is 5.32 Å². The molecule has 0 spiro atoms. The Bertz CT molecular complexity index is 590. The molecule has 6 heteroatoms. The predicted molar refractivity (Wildman–Crippen MR) is 96.9 cm³/mol. The molecule has 1 aromatic rings. The number of hydrogen-bond donors (Lipinski definition) is 1. The predicted octanol–water partition coefficient (Wildman–Crippen LogP) is 2.44. The zero-order valence-electron chi connectivity index (χ0n) is 15.5. The van der Waals surface area contributed by atoms with Crippen molar-refractivity contribution in [3.8, 4) is 0 Å². The lowest BCUT2D eigenvalue weighted by Crippen LogP contribution is -2.49. The van der Waals surface area contributed by atoms with Gasteiger partial charge in [0.15, 0.2) is 5.76 Å². The van der Waals surface area contributed by atoms with Crippen LogP contribution in [-0.2, 0) is 16.0 Å². The van der Waals surface area contributed by atoms with Crippen molar-refractivity contribution in [2.24, 2.45) is 11.8 Å². The zero-order valence-corrected chi connectivity index (χ0v) is 15.5. The van der Waals surface area contributed by atoms with Gasteiger partial charge in [0.1, 0.15) is 5.76 Å². The third-order valence-corrected chi connectivity index (χ3v) is 6.05. The fourth-order valence-corrected chi connectivity index (χ4v) is 4.53. The third-order valence-electron chi connectivity index (χ3n) is 6.05. The van der Waals surface area contributed by atoms with E-state index in [-0.39, 0.29) is 11.9 Å². The second-order valence-electron chi connectivity index (χ2n) is 7.81. The van der Waals surface area contributed by atoms with Gasteiger partial charge in [-0.25, -0.2) is 0 Å². The topological polar surface area (TPSA) is 63.9 Å². The number of hydrogen-bond acceptors (Lipinski definition) is 5. The molecule has 3 saturated heterocycles. The lowest BCUT2D eigenvalue weighted by atomic mass is 9.79. The van der Waals surface area contributed by atoms with Crippen molar-refractivity contribution >= 4 is 5.91 Å². The molecule has 0 aliphatic carbocycles. The number of likely N-dealkylation sites (tertiary alicyclic amines) is 1. The van der Waals surface area contributed by atoms with E-state index in [4.69, 9.17) is 13.9 Å². The molecule has 0 radical (unpaired) electrons. The van der Waals surface area contributed by atoms with Crippen LogP contribution in [0.15, 0.2) is 16.5 Å². The first kappa shape index (κ1) is 18.0. The van der Waals surface area contributed by atoms with Crippen molar-refractivity contribution in [2.45, 2.75) is 44.7 Å². The van der Waals surface area contributed by atoms with E-state index < -0.39 is 0 Å². The van der Waals surface area contributed by atoms with Gasteiger partial charge in [0.25, 0.3) is 5.91 Å². The van der Waals surface area contributed by atoms with Crippen molar-refractivity contribution in [2.75, 3.05) is 39.5 Å². The van der Waals surface area contributed by atoms with Crippen LogP contribution in [0.5, 0.6) is 0 Å². The number of carbonyl (C=O) groups excluding carboxylic acids is 1. The first-order valence-electron chi connectivity index (χ1n) is 10.1. The summed E-state index contributed by atoms with van der Waals surface area (Å²) in [6.07, 6.45) is 5.49. The van der Waals surface area contributed by atoms with E-state index in [1.807, 2.05) is 12.1 Å². The summed E-state index contributed by atoms with van der Waals surface area (Å²) in [5, 5.41) is 3.22. The molecule has 1 amide bonds. The highest BCUT2D eigenvalue weighted by Gasteiger charge is 2.34. The van der Waals surface area contributed by atoms with Gasteiger partial charge in [-0.05, 0) is 63.2 Å². The zero-order chi connectivity index (χ0) is 17.8. The van der Waals surface area contributed by atoms with E-state index in [0.29, 0.717) is 24.2 Å². The van der Waals surface area contributed by atoms with Crippen LogP contribution in [0.2, 0.25) is 0 Å². The van der Waals surface area contributed by atoms with Crippen LogP contribution in [0.1, 0.15) is 48.4 Å². The minimum absolute atomic E-state index is 0.0957. The lowest BCUT2D eigenvalue weighted by molar-refractivity contribution is -0.0261. The van der Waals surface area contributed by atoms with Gasteiger partial charge in [-0.3, -0.25) is 9.69 Å². The second kappa shape index (κ2) is 8.55. The van der Waals surface area contributed by atoms with Crippen LogP contribution in [-0.4, -0.2) is 56.4 Å². The highest BCUT2D eigenvalue weighted by Crippen LogP contribution is 2.30. The standard InChI is InChI=1S/C20H30N2O4/c23-20(19-4-3-16(26-19)13-22-8-1-2-9-22)21-18-7-12-25-14-17(18)15-5-10-24-11-6-15/h3-4,15,17-18H,1-2,5-14H2,(H,21,23)/t17-,18-/m1/s1. The number of nitrogens with one attached hydrogen (secondary N) is 1. The molecule has 26 heavy (non-hydrogen) atoms. The first-order valence-corrected chi connectivity index (χ1v) is 10.1. The average molecular weight is 362 g/mol. The van der Waals surface area contributed by atoms with Gasteiger partial charge < -0.3 is 19.2 Å². The van der Waals surface area contributed by atoms with Crippen LogP contribution in [0.4, 0.5) is 0 Å². The molecular formula is C20H30N2O4. The third kappa shape index (κ3) is 4.30. The minimum Gasteiger partial charge on any atom is -0.455 e.